The number of nitrogens with one attached hydrogen (secondary N) is 1. The van der Waals surface area contributed by atoms with Crippen molar-refractivity contribution in [3.05, 3.63) is 51.8 Å². The summed E-state index contributed by atoms with van der Waals surface area (Å²) in [6.07, 6.45) is 0.372. The van der Waals surface area contributed by atoms with Crippen molar-refractivity contribution in [2.75, 3.05) is 0 Å². The van der Waals surface area contributed by atoms with Crippen LogP contribution in [0.3, 0.4) is 0 Å². The predicted octanol–water partition coefficient (Wildman–Crippen LogP) is 0.723. The molecule has 0 aliphatic carbocycles. The lowest BCUT2D eigenvalue weighted by Crippen LogP contribution is -2.80. The minimum absolute atomic E-state index is 0.127. The topological polar surface area (TPSA) is 133 Å². The lowest BCUT2D eigenvalue weighted by Gasteiger charge is -2.58. The number of aliphatic carboxylic acids is 1. The smallest absolute Gasteiger partial charge is 0.392 e. The molecule has 2 aliphatic rings. The molecule has 0 radical (unpaired) electrons. The van der Waals surface area contributed by atoms with E-state index in [4.69, 9.17) is 17.3 Å². The highest BCUT2D eigenvalue weighted by atomic mass is 35.5. The first-order valence-electron chi connectivity index (χ1n) is 7.66. The molecule has 0 aromatic heterocycles. The number of hydrogen-bond acceptors (Lipinski definition) is 5. The van der Waals surface area contributed by atoms with Crippen LogP contribution in [0.5, 0.6) is 0 Å². The van der Waals surface area contributed by atoms with Gasteiger partial charge in [0.25, 0.3) is 0 Å². The van der Waals surface area contributed by atoms with Crippen molar-refractivity contribution in [1.29, 1.82) is 0 Å². The molecule has 25 heavy (non-hydrogen) atoms. The molecule has 0 spiro atoms. The third-order valence-electron chi connectivity index (χ3n) is 4.64. The normalized spacial score (nSPS) is 29.5. The van der Waals surface area contributed by atoms with Crippen molar-refractivity contribution in [3.63, 3.8) is 0 Å². The number of hydroxylamine groups is 3. The van der Waals surface area contributed by atoms with Gasteiger partial charge >= 0.3 is 11.9 Å². The molecular weight excluding hydrogens is 350 g/mol. The summed E-state index contributed by atoms with van der Waals surface area (Å²) in [6, 6.07) is 5.60. The van der Waals surface area contributed by atoms with Crippen LogP contribution >= 0.6 is 11.6 Å². The summed E-state index contributed by atoms with van der Waals surface area (Å²) < 4.78 is -1.64. The van der Waals surface area contributed by atoms with Crippen LogP contribution < -0.4 is 11.1 Å². The van der Waals surface area contributed by atoms with Crippen LogP contribution in [-0.2, 0) is 14.4 Å². The number of allylic oxidation sites excluding steroid dienone is 1. The Morgan fingerprint density at radius 1 is 1.36 bits per heavy atom. The van der Waals surface area contributed by atoms with Crippen LogP contribution in [0.4, 0.5) is 0 Å². The number of carboxylic acids is 1. The molecule has 2 aliphatic heterocycles. The molecule has 1 unspecified atom stereocenters. The van der Waals surface area contributed by atoms with E-state index in [0.717, 1.165) is 0 Å². The molecule has 2 heterocycles. The number of β-lactam (4-membered cyclic amide) rings is 1. The molecule has 9 heteroatoms. The number of carbonyl (C=O) groups is 3. The standard InChI is InChI=1S/C16H16ClN3O5/c17-9-6-7-10-12(15(22)20(10,25)13(9)16(23)24)19-14(21)11(18)8-4-2-1-3-5-8/h1-5,10-12H,6-7,18H2,(H,19,21)(H,23,24)/t10-,11-,12+,20?/m1/s1. The first-order chi connectivity index (χ1) is 11.8. The van der Waals surface area contributed by atoms with Crippen LogP contribution in [0.1, 0.15) is 24.4 Å². The van der Waals surface area contributed by atoms with Crippen molar-refractivity contribution in [2.45, 2.75) is 31.0 Å². The number of quaternary nitrogens is 1. The Bertz CT molecular complexity index is 781. The molecule has 1 aromatic rings. The fourth-order valence-electron chi connectivity index (χ4n) is 3.33. The van der Waals surface area contributed by atoms with Gasteiger partial charge in [0.2, 0.25) is 11.6 Å². The maximum absolute atomic E-state index is 12.8. The second kappa shape index (κ2) is 6.23. The number of rotatable bonds is 4. The lowest BCUT2D eigenvalue weighted by molar-refractivity contribution is -0.825. The van der Waals surface area contributed by atoms with E-state index in [2.05, 4.69) is 5.32 Å². The van der Waals surface area contributed by atoms with E-state index >= 15 is 0 Å². The number of fused-ring (bicyclic) bond motifs is 1. The molecule has 1 fully saturated rings. The summed E-state index contributed by atoms with van der Waals surface area (Å²) >= 11 is 5.83. The molecule has 2 amide bonds. The van der Waals surface area contributed by atoms with Crippen LogP contribution in [0.2, 0.25) is 0 Å². The fourth-order valence-corrected chi connectivity index (χ4v) is 3.65. The quantitative estimate of drug-likeness (QED) is 0.409. The zero-order valence-electron chi connectivity index (χ0n) is 13.0. The summed E-state index contributed by atoms with van der Waals surface area (Å²) in [7, 11) is 0. The molecular formula is C16H16ClN3O5. The van der Waals surface area contributed by atoms with E-state index in [1.807, 2.05) is 0 Å². The van der Waals surface area contributed by atoms with E-state index < -0.39 is 46.3 Å². The Kier molecular flexibility index (Phi) is 4.38. The van der Waals surface area contributed by atoms with Gasteiger partial charge in [-0.25, -0.2) is 9.59 Å². The van der Waals surface area contributed by atoms with Crippen molar-refractivity contribution < 1.29 is 24.1 Å². The van der Waals surface area contributed by atoms with Crippen LogP contribution in [0.25, 0.3) is 0 Å². The molecule has 3 rings (SSSR count). The largest absolute Gasteiger partial charge is 0.619 e. The molecule has 0 saturated carbocycles. The maximum atomic E-state index is 12.8. The highest BCUT2D eigenvalue weighted by molar-refractivity contribution is 6.31. The Morgan fingerprint density at radius 2 is 2.00 bits per heavy atom. The zero-order valence-corrected chi connectivity index (χ0v) is 13.8. The van der Waals surface area contributed by atoms with Gasteiger partial charge in [-0.15, -0.1) is 0 Å². The Morgan fingerprint density at radius 3 is 2.60 bits per heavy atom. The Balaban J connectivity index is 1.78. The van der Waals surface area contributed by atoms with Crippen molar-refractivity contribution in [2.24, 2.45) is 5.73 Å². The van der Waals surface area contributed by atoms with Gasteiger partial charge in [-0.1, -0.05) is 41.9 Å². The number of hydrogen-bond donors (Lipinski definition) is 3. The van der Waals surface area contributed by atoms with Gasteiger partial charge in [-0.3, -0.25) is 9.44 Å². The second-order valence-electron chi connectivity index (χ2n) is 6.04. The molecule has 132 valence electrons. The summed E-state index contributed by atoms with van der Waals surface area (Å²) in [5, 5.41) is 24.3. The first-order valence-corrected chi connectivity index (χ1v) is 8.03. The summed E-state index contributed by atoms with van der Waals surface area (Å²) in [6.45, 7) is 0. The molecule has 4 N–H and O–H groups in total. The van der Waals surface area contributed by atoms with Gasteiger partial charge < -0.3 is 21.4 Å². The van der Waals surface area contributed by atoms with Gasteiger partial charge in [0, 0.05) is 6.42 Å². The van der Waals surface area contributed by atoms with E-state index in [0.29, 0.717) is 5.56 Å². The molecule has 1 aromatic carbocycles. The van der Waals surface area contributed by atoms with E-state index in [1.165, 1.54) is 0 Å². The maximum Gasteiger partial charge on any atom is 0.392 e. The summed E-state index contributed by atoms with van der Waals surface area (Å²) in [5.74, 6) is -3.08. The number of nitrogens with two attached hydrogens (primary N) is 1. The monoisotopic (exact) mass is 365 g/mol. The van der Waals surface area contributed by atoms with Gasteiger partial charge in [0.05, 0.1) is 5.03 Å². The highest BCUT2D eigenvalue weighted by Gasteiger charge is 2.65. The van der Waals surface area contributed by atoms with E-state index in [-0.39, 0.29) is 17.9 Å². The number of benzene rings is 1. The third kappa shape index (κ3) is 2.63. The molecule has 0 bridgehead atoms. The van der Waals surface area contributed by atoms with Gasteiger partial charge in [0.1, 0.15) is 12.1 Å². The summed E-state index contributed by atoms with van der Waals surface area (Å²) in [4.78, 5) is 35.9. The molecule has 4 atom stereocenters. The van der Waals surface area contributed by atoms with E-state index in [1.54, 1.807) is 30.3 Å². The number of carboxylic acid groups (broad SMARTS) is 1. The summed E-state index contributed by atoms with van der Waals surface area (Å²) in [5.41, 5.74) is 5.78. The van der Waals surface area contributed by atoms with Gasteiger partial charge in [-0.2, -0.15) is 0 Å². The van der Waals surface area contributed by atoms with Crippen molar-refractivity contribution >= 4 is 29.4 Å². The molecule has 8 nitrogen and oxygen atoms in total. The fraction of sp³-hybridized carbons (Fsp3) is 0.312. The lowest BCUT2D eigenvalue weighted by atomic mass is 9.85. The minimum Gasteiger partial charge on any atom is -0.619 e. The average Bonchev–Trinajstić information content (AvgIpc) is 2.59. The van der Waals surface area contributed by atoms with Crippen LogP contribution in [0.15, 0.2) is 41.1 Å². The number of halogens is 1. The predicted molar refractivity (Wildman–Crippen MR) is 87.5 cm³/mol. The Hall–Kier alpha value is -2.26. The average molecular weight is 366 g/mol. The number of nitrogens with zero attached hydrogens (tertiary/aromatic N) is 1. The SMILES string of the molecule is N[C@@H](C(=O)N[C@@H]1C(=O)[N+]2([O-])C(C(=O)O)=C(Cl)CC[C@H]12)c1ccccc1. The van der Waals surface area contributed by atoms with Crippen molar-refractivity contribution in [3.8, 4) is 0 Å². The zero-order chi connectivity index (χ0) is 18.4. The highest BCUT2D eigenvalue weighted by Crippen LogP contribution is 2.44. The van der Waals surface area contributed by atoms with Crippen molar-refractivity contribution in [1.82, 2.24) is 5.32 Å². The van der Waals surface area contributed by atoms with Gasteiger partial charge in [-0.05, 0) is 12.0 Å². The van der Waals surface area contributed by atoms with E-state index in [9.17, 15) is 24.7 Å². The minimum atomic E-state index is -1.64. The van der Waals surface area contributed by atoms with Crippen LogP contribution in [0, 0.1) is 5.21 Å². The first kappa shape index (κ1) is 17.6. The Labute approximate surface area is 148 Å². The second-order valence-corrected chi connectivity index (χ2v) is 6.49. The van der Waals surface area contributed by atoms with Gasteiger partial charge in [0.15, 0.2) is 6.04 Å². The van der Waals surface area contributed by atoms with Crippen LogP contribution in [-0.4, -0.2) is 39.6 Å². The third-order valence-corrected chi connectivity index (χ3v) is 5.00. The molecule has 1 saturated heterocycles. The number of amides is 2. The number of carbonyl (C=O) groups excluding carboxylic acids is 2.